The molecule has 2 atom stereocenters. The smallest absolute Gasteiger partial charge is 0.303 e. The van der Waals surface area contributed by atoms with Gasteiger partial charge >= 0.3 is 11.9 Å². The fourth-order valence-electron chi connectivity index (χ4n) is 5.77. The molecule has 0 amide bonds. The Hall–Kier alpha value is -1.58. The van der Waals surface area contributed by atoms with Gasteiger partial charge in [-0.05, 0) is 76.0 Å². The van der Waals surface area contributed by atoms with Crippen molar-refractivity contribution in [2.75, 3.05) is 0 Å². The van der Waals surface area contributed by atoms with Gasteiger partial charge < -0.3 is 10.2 Å². The van der Waals surface area contributed by atoms with Crippen molar-refractivity contribution in [3.05, 3.63) is 24.3 Å². The molecule has 0 fully saturated rings. The highest BCUT2D eigenvalue weighted by Gasteiger charge is 2.20. The summed E-state index contributed by atoms with van der Waals surface area (Å²) in [7, 11) is 0. The highest BCUT2D eigenvalue weighted by atomic mass is 16.4. The number of unbranched alkanes of at least 4 members (excludes halogenated alkanes) is 14. The van der Waals surface area contributed by atoms with Crippen molar-refractivity contribution in [3.8, 4) is 0 Å². The minimum atomic E-state index is -0.674. The van der Waals surface area contributed by atoms with Crippen LogP contribution in [0.15, 0.2) is 24.3 Å². The number of carbonyl (C=O) groups is 2. The maximum Gasteiger partial charge on any atom is 0.303 e. The van der Waals surface area contributed by atoms with Gasteiger partial charge in [0.15, 0.2) is 0 Å². The first-order chi connectivity index (χ1) is 19.5. The second-order valence-electron chi connectivity index (χ2n) is 12.0. The zero-order valence-electron chi connectivity index (χ0n) is 26.6. The van der Waals surface area contributed by atoms with Crippen molar-refractivity contribution >= 4 is 11.9 Å². The Bertz CT molecular complexity index is 570. The van der Waals surface area contributed by atoms with Crippen LogP contribution in [0.5, 0.6) is 0 Å². The first-order valence-corrected chi connectivity index (χ1v) is 17.2. The molecule has 234 valence electrons. The fourth-order valence-corrected chi connectivity index (χ4v) is 5.77. The zero-order valence-corrected chi connectivity index (χ0v) is 26.6. The van der Waals surface area contributed by atoms with E-state index in [2.05, 4.69) is 38.2 Å². The molecule has 40 heavy (non-hydrogen) atoms. The van der Waals surface area contributed by atoms with Crippen molar-refractivity contribution < 1.29 is 19.8 Å². The summed E-state index contributed by atoms with van der Waals surface area (Å²) >= 11 is 0. The largest absolute Gasteiger partial charge is 0.481 e. The number of aliphatic carboxylic acids is 2. The summed E-state index contributed by atoms with van der Waals surface area (Å²) < 4.78 is 0. The van der Waals surface area contributed by atoms with Gasteiger partial charge in [0.25, 0.3) is 0 Å². The van der Waals surface area contributed by atoms with E-state index in [9.17, 15) is 9.59 Å². The van der Waals surface area contributed by atoms with Gasteiger partial charge in [0.05, 0.1) is 0 Å². The van der Waals surface area contributed by atoms with Gasteiger partial charge in [0, 0.05) is 12.8 Å². The van der Waals surface area contributed by atoms with E-state index in [1.165, 1.54) is 116 Å². The molecule has 0 saturated heterocycles. The van der Waals surface area contributed by atoms with E-state index >= 15 is 0 Å². The Kier molecular flexibility index (Phi) is 29.2. The van der Waals surface area contributed by atoms with Crippen molar-refractivity contribution in [1.29, 1.82) is 0 Å². The maximum absolute atomic E-state index is 10.8. The van der Waals surface area contributed by atoms with E-state index in [0.717, 1.165) is 50.4 Å². The second-order valence-corrected chi connectivity index (χ2v) is 12.0. The predicted octanol–water partition coefficient (Wildman–Crippen LogP) is 11.7. The molecule has 2 unspecified atom stereocenters. The Morgan fingerprint density at radius 2 is 0.800 bits per heavy atom. The van der Waals surface area contributed by atoms with Crippen LogP contribution < -0.4 is 0 Å². The number of carboxylic acid groups (broad SMARTS) is 2. The molecule has 4 nitrogen and oxygen atoms in total. The van der Waals surface area contributed by atoms with Crippen LogP contribution in [-0.2, 0) is 9.59 Å². The number of rotatable bonds is 31. The quantitative estimate of drug-likeness (QED) is 0.0651. The lowest BCUT2D eigenvalue weighted by Crippen LogP contribution is -2.15. The first-order valence-electron chi connectivity index (χ1n) is 17.2. The van der Waals surface area contributed by atoms with Gasteiger partial charge in [-0.15, -0.1) is 0 Å². The summed E-state index contributed by atoms with van der Waals surface area (Å²) in [6.07, 6.45) is 39.0. The van der Waals surface area contributed by atoms with E-state index in [4.69, 9.17) is 10.2 Å². The third-order valence-corrected chi connectivity index (χ3v) is 8.29. The maximum atomic E-state index is 10.8. The van der Waals surface area contributed by atoms with Crippen LogP contribution in [-0.4, -0.2) is 22.2 Å². The van der Waals surface area contributed by atoms with Gasteiger partial charge in [-0.3, -0.25) is 9.59 Å². The van der Waals surface area contributed by atoms with Crippen molar-refractivity contribution in [3.63, 3.8) is 0 Å². The molecule has 0 aromatic heterocycles. The average Bonchev–Trinajstić information content (AvgIpc) is 2.92. The van der Waals surface area contributed by atoms with Crippen LogP contribution >= 0.6 is 0 Å². The van der Waals surface area contributed by atoms with Gasteiger partial charge in [0.1, 0.15) is 0 Å². The molecule has 0 rings (SSSR count). The van der Waals surface area contributed by atoms with Crippen LogP contribution in [0, 0.1) is 11.8 Å². The summed E-state index contributed by atoms with van der Waals surface area (Å²) in [5.41, 5.74) is 0. The Morgan fingerprint density at radius 1 is 0.450 bits per heavy atom. The second kappa shape index (κ2) is 30.4. The third kappa shape index (κ3) is 28.0. The molecule has 0 bridgehead atoms. The molecule has 0 aliphatic rings. The van der Waals surface area contributed by atoms with Crippen LogP contribution in [0.4, 0.5) is 0 Å². The summed E-state index contributed by atoms with van der Waals surface area (Å²) in [4.78, 5) is 21.6. The molecule has 0 heterocycles. The van der Waals surface area contributed by atoms with Gasteiger partial charge in [-0.1, -0.05) is 128 Å². The SMILES string of the molecule is CCCCC/C=C/CCC(CCCCCCCC(=O)O)C(CC/C=C/CCCCC)CCCCCCCC(=O)O. The van der Waals surface area contributed by atoms with E-state index in [-0.39, 0.29) is 0 Å². The monoisotopic (exact) mass is 562 g/mol. The van der Waals surface area contributed by atoms with E-state index in [0.29, 0.717) is 12.8 Å². The molecular formula is C36H66O4. The molecule has 0 saturated carbocycles. The number of carboxylic acids is 2. The summed E-state index contributed by atoms with van der Waals surface area (Å²) in [5.74, 6) is 0.179. The minimum Gasteiger partial charge on any atom is -0.481 e. The van der Waals surface area contributed by atoms with Crippen LogP contribution in [0.3, 0.4) is 0 Å². The minimum absolute atomic E-state index is 0.303. The van der Waals surface area contributed by atoms with Crippen molar-refractivity contribution in [2.24, 2.45) is 11.8 Å². The molecule has 2 N–H and O–H groups in total. The predicted molar refractivity (Wildman–Crippen MR) is 172 cm³/mol. The normalized spacial score (nSPS) is 13.3. The molecule has 4 heteroatoms. The number of allylic oxidation sites excluding steroid dienone is 4. The zero-order chi connectivity index (χ0) is 29.5. The Morgan fingerprint density at radius 3 is 1.18 bits per heavy atom. The Labute approximate surface area is 248 Å². The topological polar surface area (TPSA) is 74.6 Å². The van der Waals surface area contributed by atoms with Crippen molar-refractivity contribution in [2.45, 2.75) is 181 Å². The Balaban J connectivity index is 4.93. The first kappa shape index (κ1) is 38.4. The summed E-state index contributed by atoms with van der Waals surface area (Å²) in [6, 6.07) is 0. The van der Waals surface area contributed by atoms with Crippen molar-refractivity contribution in [1.82, 2.24) is 0 Å². The number of hydrogen-bond acceptors (Lipinski definition) is 2. The molecular weight excluding hydrogens is 496 g/mol. The van der Waals surface area contributed by atoms with E-state index in [1.54, 1.807) is 0 Å². The summed E-state index contributed by atoms with van der Waals surface area (Å²) in [5, 5.41) is 17.7. The summed E-state index contributed by atoms with van der Waals surface area (Å²) in [6.45, 7) is 4.52. The van der Waals surface area contributed by atoms with Gasteiger partial charge in [-0.25, -0.2) is 0 Å². The molecule has 0 aromatic rings. The highest BCUT2D eigenvalue weighted by Crippen LogP contribution is 2.33. The number of hydrogen-bond donors (Lipinski definition) is 2. The fraction of sp³-hybridized carbons (Fsp3) is 0.833. The van der Waals surface area contributed by atoms with E-state index < -0.39 is 11.9 Å². The average molecular weight is 563 g/mol. The molecule has 0 aliphatic heterocycles. The lowest BCUT2D eigenvalue weighted by Gasteiger charge is -2.27. The van der Waals surface area contributed by atoms with Crippen LogP contribution in [0.1, 0.15) is 181 Å². The van der Waals surface area contributed by atoms with Crippen LogP contribution in [0.25, 0.3) is 0 Å². The highest BCUT2D eigenvalue weighted by molar-refractivity contribution is 5.66. The lowest BCUT2D eigenvalue weighted by molar-refractivity contribution is -0.138. The standard InChI is InChI=1S/C36H66O4/c1-3-5-7-9-11-15-21-27-33(29-23-17-13-19-25-31-35(37)38)34(28-22-16-12-10-8-6-4-2)30-24-18-14-20-26-32-36(39)40/h11-12,15-16,33-34H,3-10,13-14,17-32H2,1-2H3,(H,37,38)(H,39,40)/b15-11+,16-12+. The molecule has 0 aromatic carbocycles. The van der Waals surface area contributed by atoms with Crippen LogP contribution in [0.2, 0.25) is 0 Å². The van der Waals surface area contributed by atoms with E-state index in [1.807, 2.05) is 0 Å². The van der Waals surface area contributed by atoms with Gasteiger partial charge in [-0.2, -0.15) is 0 Å². The molecule has 0 radical (unpaired) electrons. The van der Waals surface area contributed by atoms with Gasteiger partial charge in [0.2, 0.25) is 0 Å². The molecule has 0 spiro atoms. The lowest BCUT2D eigenvalue weighted by atomic mass is 9.78. The molecule has 0 aliphatic carbocycles. The third-order valence-electron chi connectivity index (χ3n) is 8.29.